The van der Waals surface area contributed by atoms with Crippen LogP contribution in [0.25, 0.3) is 0 Å². The molecule has 2 rings (SSSR count). The zero-order valence-corrected chi connectivity index (χ0v) is 13.2. The van der Waals surface area contributed by atoms with Crippen LogP contribution in [0.2, 0.25) is 0 Å². The first-order chi connectivity index (χ1) is 9.81. The molecule has 6 nitrogen and oxygen atoms in total. The molecule has 1 aliphatic rings. The molecule has 0 aliphatic carbocycles. The second-order valence-corrected chi connectivity index (χ2v) is 7.36. The monoisotopic (exact) mass is 314 g/mol. The Balaban J connectivity index is 1.85. The summed E-state index contributed by atoms with van der Waals surface area (Å²) in [5.74, 6) is 0.503. The highest BCUT2D eigenvalue weighted by Crippen LogP contribution is 2.25. The van der Waals surface area contributed by atoms with Gasteiger partial charge < -0.3 is 15.2 Å². The quantitative estimate of drug-likeness (QED) is 0.768. The van der Waals surface area contributed by atoms with Crippen LogP contribution < -0.4 is 15.2 Å². The van der Waals surface area contributed by atoms with Gasteiger partial charge >= 0.3 is 0 Å². The van der Waals surface area contributed by atoms with E-state index in [1.807, 2.05) is 13.8 Å². The third-order valence-corrected chi connectivity index (χ3v) is 5.26. The number of anilines is 1. The molecule has 1 aromatic rings. The van der Waals surface area contributed by atoms with Crippen molar-refractivity contribution < 1.29 is 17.9 Å². The Bertz CT molecular complexity index is 573. The molecule has 3 N–H and O–H groups in total. The molecule has 21 heavy (non-hydrogen) atoms. The fourth-order valence-electron chi connectivity index (χ4n) is 2.21. The van der Waals surface area contributed by atoms with Gasteiger partial charge in [-0.05, 0) is 44.5 Å². The van der Waals surface area contributed by atoms with E-state index in [9.17, 15) is 8.42 Å². The predicted octanol–water partition coefficient (Wildman–Crippen LogP) is 1.13. The lowest BCUT2D eigenvalue weighted by Gasteiger charge is -2.28. The minimum Gasteiger partial charge on any atom is -0.492 e. The first-order valence-corrected chi connectivity index (χ1v) is 8.58. The average Bonchev–Trinajstić information content (AvgIpc) is 2.70. The van der Waals surface area contributed by atoms with Gasteiger partial charge in [0.1, 0.15) is 12.4 Å². The SMILES string of the molecule is CC1OCCC1(C)NS(=O)(=O)CCOc1ccc(N)cc1. The Morgan fingerprint density at radius 2 is 2.10 bits per heavy atom. The number of hydrogen-bond donors (Lipinski definition) is 2. The van der Waals surface area contributed by atoms with E-state index < -0.39 is 15.6 Å². The second-order valence-electron chi connectivity index (χ2n) is 5.52. The largest absolute Gasteiger partial charge is 0.492 e. The van der Waals surface area contributed by atoms with E-state index in [1.54, 1.807) is 24.3 Å². The van der Waals surface area contributed by atoms with Gasteiger partial charge in [-0.25, -0.2) is 13.1 Å². The lowest BCUT2D eigenvalue weighted by Crippen LogP contribution is -2.51. The Morgan fingerprint density at radius 3 is 2.67 bits per heavy atom. The third-order valence-electron chi connectivity index (χ3n) is 3.78. The molecule has 1 heterocycles. The van der Waals surface area contributed by atoms with Crippen LogP contribution in [-0.2, 0) is 14.8 Å². The van der Waals surface area contributed by atoms with E-state index in [2.05, 4.69) is 4.72 Å². The lowest BCUT2D eigenvalue weighted by molar-refractivity contribution is 0.0957. The first-order valence-electron chi connectivity index (χ1n) is 6.92. The van der Waals surface area contributed by atoms with Crippen LogP contribution in [0.15, 0.2) is 24.3 Å². The molecule has 0 radical (unpaired) electrons. The van der Waals surface area contributed by atoms with E-state index in [-0.39, 0.29) is 18.5 Å². The highest BCUT2D eigenvalue weighted by atomic mass is 32.2. The highest BCUT2D eigenvalue weighted by molar-refractivity contribution is 7.89. The van der Waals surface area contributed by atoms with Gasteiger partial charge in [0.25, 0.3) is 0 Å². The topological polar surface area (TPSA) is 90.6 Å². The van der Waals surface area contributed by atoms with Gasteiger partial charge in [-0.1, -0.05) is 0 Å². The molecule has 1 aliphatic heterocycles. The number of ether oxygens (including phenoxy) is 2. The fraction of sp³-hybridized carbons (Fsp3) is 0.571. The Morgan fingerprint density at radius 1 is 1.43 bits per heavy atom. The fourth-order valence-corrected chi connectivity index (χ4v) is 3.59. The van der Waals surface area contributed by atoms with Crippen molar-refractivity contribution in [2.75, 3.05) is 24.7 Å². The maximum absolute atomic E-state index is 12.1. The van der Waals surface area contributed by atoms with Crippen molar-refractivity contribution in [2.45, 2.75) is 31.9 Å². The maximum atomic E-state index is 12.1. The van der Waals surface area contributed by atoms with Crippen molar-refractivity contribution in [1.29, 1.82) is 0 Å². The van der Waals surface area contributed by atoms with E-state index in [4.69, 9.17) is 15.2 Å². The Kier molecular flexibility index (Phi) is 4.75. The van der Waals surface area contributed by atoms with Crippen LogP contribution in [0.1, 0.15) is 20.3 Å². The van der Waals surface area contributed by atoms with Gasteiger partial charge in [-0.15, -0.1) is 0 Å². The van der Waals surface area contributed by atoms with Crippen molar-refractivity contribution in [3.05, 3.63) is 24.3 Å². The van der Waals surface area contributed by atoms with Crippen LogP contribution in [0, 0.1) is 0 Å². The van der Waals surface area contributed by atoms with Crippen molar-refractivity contribution in [3.8, 4) is 5.75 Å². The van der Waals surface area contributed by atoms with Crippen LogP contribution in [0.3, 0.4) is 0 Å². The molecule has 0 spiro atoms. The van der Waals surface area contributed by atoms with Crippen LogP contribution in [0.4, 0.5) is 5.69 Å². The van der Waals surface area contributed by atoms with Gasteiger partial charge in [0.05, 0.1) is 17.4 Å². The molecule has 2 unspecified atom stereocenters. The van der Waals surface area contributed by atoms with Crippen molar-refractivity contribution in [3.63, 3.8) is 0 Å². The molecule has 0 saturated carbocycles. The number of rotatable bonds is 6. The molecule has 7 heteroatoms. The first kappa shape index (κ1) is 16.1. The van der Waals surface area contributed by atoms with E-state index in [1.165, 1.54) is 0 Å². The summed E-state index contributed by atoms with van der Waals surface area (Å²) in [5.41, 5.74) is 5.67. The summed E-state index contributed by atoms with van der Waals surface area (Å²) in [7, 11) is -3.41. The van der Waals surface area contributed by atoms with Crippen molar-refractivity contribution >= 4 is 15.7 Å². The van der Waals surface area contributed by atoms with Gasteiger partial charge in [-0.2, -0.15) is 0 Å². The molecular weight excluding hydrogens is 292 g/mol. The predicted molar refractivity (Wildman–Crippen MR) is 81.7 cm³/mol. The smallest absolute Gasteiger partial charge is 0.215 e. The van der Waals surface area contributed by atoms with Crippen molar-refractivity contribution in [2.24, 2.45) is 0 Å². The Labute approximate surface area is 125 Å². The molecule has 1 aromatic carbocycles. The van der Waals surface area contributed by atoms with E-state index in [0.717, 1.165) is 0 Å². The van der Waals surface area contributed by atoms with Crippen LogP contribution in [0.5, 0.6) is 5.75 Å². The summed E-state index contributed by atoms with van der Waals surface area (Å²) in [6, 6.07) is 6.84. The molecule has 0 aromatic heterocycles. The third kappa shape index (κ3) is 4.33. The van der Waals surface area contributed by atoms with Crippen molar-refractivity contribution in [1.82, 2.24) is 4.72 Å². The standard InChI is InChI=1S/C14H22N2O4S/c1-11-14(2,7-8-19-11)16-21(17,18)10-9-20-13-5-3-12(15)4-6-13/h3-6,11,16H,7-10,15H2,1-2H3. The van der Waals surface area contributed by atoms with Gasteiger partial charge in [0.15, 0.2) is 0 Å². The van der Waals surface area contributed by atoms with Crippen LogP contribution >= 0.6 is 0 Å². The summed E-state index contributed by atoms with van der Waals surface area (Å²) in [4.78, 5) is 0. The van der Waals surface area contributed by atoms with Gasteiger partial charge in [0.2, 0.25) is 10.0 Å². The summed E-state index contributed by atoms with van der Waals surface area (Å²) in [5, 5.41) is 0. The van der Waals surface area contributed by atoms with Crippen LogP contribution in [-0.4, -0.2) is 39.0 Å². The van der Waals surface area contributed by atoms with E-state index >= 15 is 0 Å². The number of sulfonamides is 1. The number of hydrogen-bond acceptors (Lipinski definition) is 5. The molecule has 0 bridgehead atoms. The zero-order valence-electron chi connectivity index (χ0n) is 12.3. The minimum atomic E-state index is -3.41. The summed E-state index contributed by atoms with van der Waals surface area (Å²) in [6.07, 6.45) is 0.539. The molecule has 0 amide bonds. The molecule has 118 valence electrons. The number of benzene rings is 1. The lowest BCUT2D eigenvalue weighted by atomic mass is 9.97. The van der Waals surface area contributed by atoms with E-state index in [0.29, 0.717) is 24.5 Å². The van der Waals surface area contributed by atoms with Gasteiger partial charge in [0, 0.05) is 12.3 Å². The minimum absolute atomic E-state index is 0.0879. The zero-order chi connectivity index (χ0) is 15.5. The summed E-state index contributed by atoms with van der Waals surface area (Å²) in [6.45, 7) is 4.40. The number of nitrogens with two attached hydrogens (primary N) is 1. The maximum Gasteiger partial charge on any atom is 0.215 e. The summed E-state index contributed by atoms with van der Waals surface area (Å²) >= 11 is 0. The highest BCUT2D eigenvalue weighted by Gasteiger charge is 2.40. The number of nitrogen functional groups attached to an aromatic ring is 1. The normalized spacial score (nSPS) is 25.9. The average molecular weight is 314 g/mol. The Hall–Kier alpha value is -1.31. The molecular formula is C14H22N2O4S. The molecule has 1 saturated heterocycles. The number of nitrogens with one attached hydrogen (secondary N) is 1. The summed E-state index contributed by atoms with van der Waals surface area (Å²) < 4.78 is 37.8. The molecule has 1 fully saturated rings. The van der Waals surface area contributed by atoms with Gasteiger partial charge in [-0.3, -0.25) is 0 Å². The second kappa shape index (κ2) is 6.21. The molecule has 2 atom stereocenters.